The molecule has 1 saturated heterocycles. The minimum Gasteiger partial charge on any atom is -0.492 e. The number of rotatable bonds is 4. The van der Waals surface area contributed by atoms with Gasteiger partial charge in [0, 0.05) is 48.8 Å². The number of thiazole rings is 1. The molecule has 1 atom stereocenters. The van der Waals surface area contributed by atoms with E-state index in [-0.39, 0.29) is 5.91 Å². The van der Waals surface area contributed by atoms with Crippen molar-refractivity contribution in [3.05, 3.63) is 40.5 Å². The summed E-state index contributed by atoms with van der Waals surface area (Å²) in [5.74, 6) is 1.24. The third-order valence-corrected chi connectivity index (χ3v) is 6.85. The first-order valence-corrected chi connectivity index (χ1v) is 11.1. The van der Waals surface area contributed by atoms with Crippen LogP contribution in [0.2, 0.25) is 0 Å². The molecular formula is C22H24N4O3S. The number of nitrogens with zero attached hydrogens (tertiary/aromatic N) is 3. The molecule has 1 N–H and O–H groups in total. The van der Waals surface area contributed by atoms with E-state index in [1.807, 2.05) is 29.3 Å². The minimum absolute atomic E-state index is 0.0337. The molecule has 5 rings (SSSR count). The van der Waals surface area contributed by atoms with E-state index in [4.69, 9.17) is 14.5 Å². The van der Waals surface area contributed by atoms with Gasteiger partial charge in [-0.15, -0.1) is 11.3 Å². The molecule has 1 amide bonds. The number of piperidine rings is 1. The van der Waals surface area contributed by atoms with Crippen molar-refractivity contribution in [3.8, 4) is 28.1 Å². The van der Waals surface area contributed by atoms with Crippen molar-refractivity contribution in [2.45, 2.75) is 19.3 Å². The summed E-state index contributed by atoms with van der Waals surface area (Å²) in [6.07, 6.45) is 6.52. The quantitative estimate of drug-likeness (QED) is 0.692. The van der Waals surface area contributed by atoms with Crippen LogP contribution >= 0.6 is 11.3 Å². The number of H-pyrrole nitrogens is 1. The van der Waals surface area contributed by atoms with Gasteiger partial charge < -0.3 is 14.4 Å². The van der Waals surface area contributed by atoms with Crippen LogP contribution in [-0.2, 0) is 11.2 Å². The van der Waals surface area contributed by atoms with Crippen molar-refractivity contribution in [1.29, 1.82) is 0 Å². The van der Waals surface area contributed by atoms with Crippen LogP contribution in [0.5, 0.6) is 5.75 Å². The number of ether oxygens (including phenoxy) is 2. The molecule has 8 heteroatoms. The average Bonchev–Trinajstić information content (AvgIpc) is 3.41. The van der Waals surface area contributed by atoms with E-state index in [0.29, 0.717) is 24.1 Å². The summed E-state index contributed by atoms with van der Waals surface area (Å²) in [6.45, 7) is 2.80. The zero-order valence-corrected chi connectivity index (χ0v) is 17.7. The molecule has 7 nitrogen and oxygen atoms in total. The third-order valence-electron chi connectivity index (χ3n) is 5.74. The minimum atomic E-state index is 0.0337. The normalized spacial score (nSPS) is 18.3. The molecule has 2 aliphatic heterocycles. The van der Waals surface area contributed by atoms with E-state index in [1.54, 1.807) is 13.3 Å². The number of aromatic amines is 1. The van der Waals surface area contributed by atoms with Crippen molar-refractivity contribution in [2.24, 2.45) is 5.92 Å². The maximum atomic E-state index is 13.2. The number of carbonyl (C=O) groups excluding carboxylic acids is 1. The monoisotopic (exact) mass is 424 g/mol. The maximum absolute atomic E-state index is 13.2. The van der Waals surface area contributed by atoms with Crippen LogP contribution < -0.4 is 4.74 Å². The summed E-state index contributed by atoms with van der Waals surface area (Å²) in [7, 11) is 1.72. The average molecular weight is 425 g/mol. The Morgan fingerprint density at radius 2 is 2.33 bits per heavy atom. The largest absolute Gasteiger partial charge is 0.492 e. The summed E-state index contributed by atoms with van der Waals surface area (Å²) in [6, 6.07) is 6.10. The summed E-state index contributed by atoms with van der Waals surface area (Å²) in [5.41, 5.74) is 3.87. The molecule has 30 heavy (non-hydrogen) atoms. The Labute approximate surface area is 179 Å². The Morgan fingerprint density at radius 3 is 3.17 bits per heavy atom. The lowest BCUT2D eigenvalue weighted by Crippen LogP contribution is -2.41. The lowest BCUT2D eigenvalue weighted by Gasteiger charge is -2.31. The number of methoxy groups -OCH3 is 1. The van der Waals surface area contributed by atoms with Gasteiger partial charge in [-0.3, -0.25) is 9.89 Å². The van der Waals surface area contributed by atoms with E-state index in [9.17, 15) is 4.79 Å². The fourth-order valence-electron chi connectivity index (χ4n) is 4.26. The van der Waals surface area contributed by atoms with Crippen LogP contribution in [-0.4, -0.2) is 59.4 Å². The van der Waals surface area contributed by atoms with Crippen LogP contribution in [0, 0.1) is 5.92 Å². The second-order valence-electron chi connectivity index (χ2n) is 7.80. The number of amides is 1. The number of fused-ring (bicyclic) bond motifs is 3. The van der Waals surface area contributed by atoms with Gasteiger partial charge in [-0.2, -0.15) is 5.10 Å². The third kappa shape index (κ3) is 3.61. The van der Waals surface area contributed by atoms with Crippen LogP contribution in [0.15, 0.2) is 30.6 Å². The molecule has 3 aromatic rings. The molecule has 0 spiro atoms. The molecule has 2 aromatic heterocycles. The summed E-state index contributed by atoms with van der Waals surface area (Å²) < 4.78 is 11.3. The fourth-order valence-corrected chi connectivity index (χ4v) is 5.28. The lowest BCUT2D eigenvalue weighted by molar-refractivity contribution is 0.0570. The Kier molecular flexibility index (Phi) is 5.26. The van der Waals surface area contributed by atoms with Gasteiger partial charge in [-0.25, -0.2) is 4.98 Å². The fraction of sp³-hybridized carbons (Fsp3) is 0.409. The topological polar surface area (TPSA) is 80.3 Å². The summed E-state index contributed by atoms with van der Waals surface area (Å²) in [5, 5.41) is 7.44. The first-order valence-electron chi connectivity index (χ1n) is 10.3. The number of benzene rings is 1. The predicted octanol–water partition coefficient (Wildman–Crippen LogP) is 3.63. The van der Waals surface area contributed by atoms with E-state index in [1.165, 1.54) is 11.3 Å². The van der Waals surface area contributed by atoms with Crippen LogP contribution in [0.4, 0.5) is 0 Å². The standard InChI is InChI=1S/C22H24N4O3S/c1-28-13-14-3-2-7-26(12-14)22(27)21-25-20-17-5-4-15(16-10-23-24-11-16)9-18(17)29-8-6-19(20)30-21/h4-5,9-11,14H,2-3,6-8,12-13H2,1H3,(H,23,24). The molecular weight excluding hydrogens is 400 g/mol. The smallest absolute Gasteiger partial charge is 0.282 e. The highest BCUT2D eigenvalue weighted by atomic mass is 32.1. The van der Waals surface area contributed by atoms with Crippen molar-refractivity contribution in [1.82, 2.24) is 20.1 Å². The van der Waals surface area contributed by atoms with Gasteiger partial charge in [0.2, 0.25) is 0 Å². The van der Waals surface area contributed by atoms with Gasteiger partial charge in [0.1, 0.15) is 5.75 Å². The molecule has 0 bridgehead atoms. The Bertz CT molecular complexity index is 1040. The Morgan fingerprint density at radius 1 is 1.40 bits per heavy atom. The number of hydrogen-bond donors (Lipinski definition) is 1. The van der Waals surface area contributed by atoms with Gasteiger partial charge in [0.25, 0.3) is 5.91 Å². The molecule has 1 fully saturated rings. The molecule has 0 aliphatic carbocycles. The van der Waals surface area contributed by atoms with E-state index in [0.717, 1.165) is 65.4 Å². The Balaban J connectivity index is 1.43. The van der Waals surface area contributed by atoms with Crippen LogP contribution in [0.1, 0.15) is 27.5 Å². The first-order chi connectivity index (χ1) is 14.7. The first kappa shape index (κ1) is 19.3. The molecule has 4 heterocycles. The highest BCUT2D eigenvalue weighted by Gasteiger charge is 2.29. The molecule has 1 aromatic carbocycles. The molecule has 0 saturated carbocycles. The van der Waals surface area contributed by atoms with E-state index < -0.39 is 0 Å². The summed E-state index contributed by atoms with van der Waals surface area (Å²) in [4.78, 5) is 21.0. The van der Waals surface area contributed by atoms with Crippen molar-refractivity contribution in [3.63, 3.8) is 0 Å². The lowest BCUT2D eigenvalue weighted by atomic mass is 9.99. The number of aromatic nitrogens is 3. The van der Waals surface area contributed by atoms with Gasteiger partial charge in [-0.05, 0) is 36.5 Å². The molecule has 2 aliphatic rings. The van der Waals surface area contributed by atoms with Gasteiger partial charge >= 0.3 is 0 Å². The number of likely N-dealkylation sites (tertiary alicyclic amines) is 1. The highest BCUT2D eigenvalue weighted by molar-refractivity contribution is 7.14. The summed E-state index contributed by atoms with van der Waals surface area (Å²) >= 11 is 1.50. The van der Waals surface area contributed by atoms with E-state index >= 15 is 0 Å². The zero-order valence-electron chi connectivity index (χ0n) is 16.9. The van der Waals surface area contributed by atoms with Gasteiger partial charge in [0.15, 0.2) is 5.01 Å². The molecule has 156 valence electrons. The SMILES string of the molecule is COCC1CCCN(C(=O)c2nc3c(s2)CCOc2cc(-c4cn[nH]c4)ccc2-3)C1. The van der Waals surface area contributed by atoms with Crippen LogP contribution in [0.3, 0.4) is 0 Å². The maximum Gasteiger partial charge on any atom is 0.282 e. The van der Waals surface area contributed by atoms with Crippen molar-refractivity contribution >= 4 is 17.2 Å². The molecule has 0 radical (unpaired) electrons. The second kappa shape index (κ2) is 8.20. The van der Waals surface area contributed by atoms with Crippen molar-refractivity contribution < 1.29 is 14.3 Å². The second-order valence-corrected chi connectivity index (χ2v) is 8.89. The number of hydrogen-bond acceptors (Lipinski definition) is 6. The van der Waals surface area contributed by atoms with Gasteiger partial charge in [0.05, 0.1) is 25.1 Å². The van der Waals surface area contributed by atoms with Gasteiger partial charge in [-0.1, -0.05) is 6.07 Å². The predicted molar refractivity (Wildman–Crippen MR) is 115 cm³/mol. The Hall–Kier alpha value is -2.71. The van der Waals surface area contributed by atoms with Crippen LogP contribution in [0.25, 0.3) is 22.4 Å². The van der Waals surface area contributed by atoms with E-state index in [2.05, 4.69) is 10.2 Å². The van der Waals surface area contributed by atoms with Crippen molar-refractivity contribution in [2.75, 3.05) is 33.4 Å². The molecule has 1 unspecified atom stereocenters. The number of carbonyl (C=O) groups is 1. The number of nitrogens with one attached hydrogen (secondary N) is 1. The highest BCUT2D eigenvalue weighted by Crippen LogP contribution is 2.40. The zero-order chi connectivity index (χ0) is 20.5.